The number of carbonyl (C=O) groups is 1. The zero-order chi connectivity index (χ0) is 12.4. The van der Waals surface area contributed by atoms with Crippen molar-refractivity contribution in [1.82, 2.24) is 4.90 Å². The number of amides is 1. The summed E-state index contributed by atoms with van der Waals surface area (Å²) >= 11 is 5.79. The summed E-state index contributed by atoms with van der Waals surface area (Å²) in [5, 5.41) is 0. The first-order chi connectivity index (χ1) is 8.11. The Kier molecular flexibility index (Phi) is 4.28. The van der Waals surface area contributed by atoms with Gasteiger partial charge in [-0.2, -0.15) is 0 Å². The standard InChI is InChI=1S/C12H20ClNO3/c1-8-6-17-11(4-13)5-14(8)12(15)10-3-9(2)16-7-10/h8-11H,3-7H2,1-2H3. The molecule has 98 valence electrons. The molecule has 2 saturated heterocycles. The molecule has 2 heterocycles. The van der Waals surface area contributed by atoms with E-state index in [9.17, 15) is 4.79 Å². The highest BCUT2D eigenvalue weighted by Crippen LogP contribution is 2.24. The Labute approximate surface area is 107 Å². The lowest BCUT2D eigenvalue weighted by molar-refractivity contribution is -0.147. The molecule has 0 aromatic rings. The Bertz CT molecular complexity index is 287. The van der Waals surface area contributed by atoms with Gasteiger partial charge in [-0.1, -0.05) is 0 Å². The molecular formula is C12H20ClNO3. The van der Waals surface area contributed by atoms with Crippen LogP contribution >= 0.6 is 11.6 Å². The third-order valence-corrected chi connectivity index (χ3v) is 3.85. The Morgan fingerprint density at radius 1 is 1.35 bits per heavy atom. The van der Waals surface area contributed by atoms with Crippen LogP contribution in [-0.4, -0.2) is 54.7 Å². The molecule has 0 spiro atoms. The third kappa shape index (κ3) is 2.92. The molecule has 2 rings (SSSR count). The van der Waals surface area contributed by atoms with Gasteiger partial charge in [-0.05, 0) is 20.3 Å². The molecule has 0 N–H and O–H groups in total. The minimum absolute atomic E-state index is 0.0153. The van der Waals surface area contributed by atoms with E-state index in [2.05, 4.69) is 0 Å². The summed E-state index contributed by atoms with van der Waals surface area (Å²) < 4.78 is 11.0. The zero-order valence-corrected chi connectivity index (χ0v) is 11.2. The van der Waals surface area contributed by atoms with Crippen LogP contribution in [0.2, 0.25) is 0 Å². The molecular weight excluding hydrogens is 242 g/mol. The number of halogens is 1. The topological polar surface area (TPSA) is 38.8 Å². The summed E-state index contributed by atoms with van der Waals surface area (Å²) in [6, 6.07) is 0.137. The fourth-order valence-electron chi connectivity index (χ4n) is 2.44. The molecule has 4 atom stereocenters. The maximum atomic E-state index is 12.4. The Hall–Kier alpha value is -0.320. The number of rotatable bonds is 2. The van der Waals surface area contributed by atoms with Gasteiger partial charge in [0.2, 0.25) is 5.91 Å². The number of nitrogens with zero attached hydrogens (tertiary/aromatic N) is 1. The van der Waals surface area contributed by atoms with Gasteiger partial charge < -0.3 is 14.4 Å². The molecule has 2 aliphatic heterocycles. The van der Waals surface area contributed by atoms with E-state index in [4.69, 9.17) is 21.1 Å². The Balaban J connectivity index is 1.97. The van der Waals surface area contributed by atoms with Crippen LogP contribution < -0.4 is 0 Å². The van der Waals surface area contributed by atoms with Crippen LogP contribution in [0.25, 0.3) is 0 Å². The van der Waals surface area contributed by atoms with Crippen molar-refractivity contribution in [2.24, 2.45) is 5.92 Å². The number of carbonyl (C=O) groups excluding carboxylic acids is 1. The smallest absolute Gasteiger partial charge is 0.228 e. The molecule has 5 heteroatoms. The van der Waals surface area contributed by atoms with Gasteiger partial charge >= 0.3 is 0 Å². The molecule has 0 aliphatic carbocycles. The summed E-state index contributed by atoms with van der Waals surface area (Å²) in [6.07, 6.45) is 0.995. The molecule has 0 aromatic heterocycles. The quantitative estimate of drug-likeness (QED) is 0.703. The van der Waals surface area contributed by atoms with Gasteiger partial charge in [0.1, 0.15) is 0 Å². The summed E-state index contributed by atoms with van der Waals surface area (Å²) in [5.41, 5.74) is 0. The van der Waals surface area contributed by atoms with E-state index >= 15 is 0 Å². The van der Waals surface area contributed by atoms with Gasteiger partial charge in [-0.15, -0.1) is 11.6 Å². The monoisotopic (exact) mass is 261 g/mol. The van der Waals surface area contributed by atoms with E-state index in [0.29, 0.717) is 25.6 Å². The molecule has 2 aliphatic rings. The highest BCUT2D eigenvalue weighted by atomic mass is 35.5. The van der Waals surface area contributed by atoms with Crippen molar-refractivity contribution < 1.29 is 14.3 Å². The highest BCUT2D eigenvalue weighted by Gasteiger charge is 2.36. The first kappa shape index (κ1) is 13.1. The van der Waals surface area contributed by atoms with Crippen molar-refractivity contribution in [2.75, 3.05) is 25.6 Å². The second-order valence-electron chi connectivity index (χ2n) is 5.03. The molecule has 4 nitrogen and oxygen atoms in total. The summed E-state index contributed by atoms with van der Waals surface area (Å²) in [7, 11) is 0. The number of morpholine rings is 1. The van der Waals surface area contributed by atoms with Gasteiger partial charge in [-0.3, -0.25) is 4.79 Å². The fraction of sp³-hybridized carbons (Fsp3) is 0.917. The number of hydrogen-bond donors (Lipinski definition) is 0. The maximum absolute atomic E-state index is 12.4. The minimum Gasteiger partial charge on any atom is -0.378 e. The highest BCUT2D eigenvalue weighted by molar-refractivity contribution is 6.18. The van der Waals surface area contributed by atoms with Crippen molar-refractivity contribution in [3.8, 4) is 0 Å². The molecule has 1 amide bonds. The number of ether oxygens (including phenoxy) is 2. The van der Waals surface area contributed by atoms with E-state index in [-0.39, 0.29) is 30.1 Å². The van der Waals surface area contributed by atoms with E-state index in [1.807, 2.05) is 18.7 Å². The molecule has 0 saturated carbocycles. The van der Waals surface area contributed by atoms with Crippen LogP contribution in [-0.2, 0) is 14.3 Å². The van der Waals surface area contributed by atoms with E-state index < -0.39 is 0 Å². The average Bonchev–Trinajstić information content (AvgIpc) is 2.76. The Morgan fingerprint density at radius 3 is 2.71 bits per heavy atom. The Morgan fingerprint density at radius 2 is 2.12 bits per heavy atom. The molecule has 0 radical (unpaired) electrons. The molecule has 2 fully saturated rings. The van der Waals surface area contributed by atoms with Crippen LogP contribution in [0.3, 0.4) is 0 Å². The third-order valence-electron chi connectivity index (χ3n) is 3.51. The molecule has 0 bridgehead atoms. The largest absolute Gasteiger partial charge is 0.378 e. The second-order valence-corrected chi connectivity index (χ2v) is 5.33. The lowest BCUT2D eigenvalue weighted by atomic mass is 10.0. The SMILES string of the molecule is CC1CC(C(=O)N2CC(CCl)OCC2C)CO1. The molecule has 17 heavy (non-hydrogen) atoms. The van der Waals surface area contributed by atoms with Crippen LogP contribution in [0.15, 0.2) is 0 Å². The van der Waals surface area contributed by atoms with Gasteiger partial charge in [0.05, 0.1) is 43.3 Å². The number of alkyl halides is 1. The van der Waals surface area contributed by atoms with Gasteiger partial charge in [0.15, 0.2) is 0 Å². The van der Waals surface area contributed by atoms with Crippen molar-refractivity contribution in [3.05, 3.63) is 0 Å². The first-order valence-corrected chi connectivity index (χ1v) is 6.75. The number of hydrogen-bond acceptors (Lipinski definition) is 3. The van der Waals surface area contributed by atoms with Crippen molar-refractivity contribution in [3.63, 3.8) is 0 Å². The van der Waals surface area contributed by atoms with Crippen molar-refractivity contribution in [1.29, 1.82) is 0 Å². The van der Waals surface area contributed by atoms with Gasteiger partial charge in [0, 0.05) is 6.54 Å². The van der Waals surface area contributed by atoms with Gasteiger partial charge in [0.25, 0.3) is 0 Å². The first-order valence-electron chi connectivity index (χ1n) is 6.21. The maximum Gasteiger partial charge on any atom is 0.228 e. The predicted octanol–water partition coefficient (Wildman–Crippen LogP) is 1.27. The lowest BCUT2D eigenvalue weighted by Gasteiger charge is -2.38. The molecule has 0 aromatic carbocycles. The van der Waals surface area contributed by atoms with Gasteiger partial charge in [-0.25, -0.2) is 0 Å². The summed E-state index contributed by atoms with van der Waals surface area (Å²) in [6.45, 7) is 5.76. The second kappa shape index (κ2) is 5.55. The lowest BCUT2D eigenvalue weighted by Crippen LogP contribution is -2.53. The van der Waals surface area contributed by atoms with Crippen LogP contribution in [0.1, 0.15) is 20.3 Å². The van der Waals surface area contributed by atoms with Crippen LogP contribution in [0, 0.1) is 5.92 Å². The minimum atomic E-state index is -0.0310. The summed E-state index contributed by atoms with van der Waals surface area (Å²) in [5.74, 6) is 0.649. The van der Waals surface area contributed by atoms with E-state index in [1.165, 1.54) is 0 Å². The normalized spacial score (nSPS) is 38.4. The molecule has 4 unspecified atom stereocenters. The summed E-state index contributed by atoms with van der Waals surface area (Å²) in [4.78, 5) is 14.3. The van der Waals surface area contributed by atoms with E-state index in [1.54, 1.807) is 0 Å². The van der Waals surface area contributed by atoms with Crippen LogP contribution in [0.4, 0.5) is 0 Å². The fourth-order valence-corrected chi connectivity index (χ4v) is 2.63. The van der Waals surface area contributed by atoms with Crippen molar-refractivity contribution >= 4 is 17.5 Å². The average molecular weight is 262 g/mol. The predicted molar refractivity (Wildman–Crippen MR) is 65.2 cm³/mol. The van der Waals surface area contributed by atoms with Crippen molar-refractivity contribution in [2.45, 2.75) is 38.5 Å². The van der Waals surface area contributed by atoms with E-state index in [0.717, 1.165) is 6.42 Å². The van der Waals surface area contributed by atoms with Crippen LogP contribution in [0.5, 0.6) is 0 Å². The zero-order valence-electron chi connectivity index (χ0n) is 10.4.